The van der Waals surface area contributed by atoms with E-state index in [1.165, 1.54) is 5.56 Å². The molecule has 4 heteroatoms. The van der Waals surface area contributed by atoms with Crippen LogP contribution in [0.15, 0.2) is 18.2 Å². The van der Waals surface area contributed by atoms with Crippen LogP contribution < -0.4 is 4.74 Å². The van der Waals surface area contributed by atoms with Crippen LogP contribution in [0.4, 0.5) is 0 Å². The third kappa shape index (κ3) is 2.29. The molecule has 0 atom stereocenters. The highest BCUT2D eigenvalue weighted by Gasteiger charge is 2.11. The zero-order chi connectivity index (χ0) is 13.3. The molecule has 0 aliphatic heterocycles. The number of nitrogens with one attached hydrogen (secondary N) is 1. The summed E-state index contributed by atoms with van der Waals surface area (Å²) in [5.74, 6) is 0.863. The van der Waals surface area contributed by atoms with Crippen molar-refractivity contribution >= 4 is 12.2 Å². The Morgan fingerprint density at radius 2 is 1.94 bits per heavy atom. The largest absolute Gasteiger partial charge is 0.496 e. The van der Waals surface area contributed by atoms with E-state index in [4.69, 9.17) is 17.0 Å². The summed E-state index contributed by atoms with van der Waals surface area (Å²) in [5, 5.41) is 0. The van der Waals surface area contributed by atoms with Crippen LogP contribution in [0, 0.1) is 25.5 Å². The van der Waals surface area contributed by atoms with Crippen LogP contribution in [0.3, 0.4) is 0 Å². The Kier molecular flexibility index (Phi) is 3.48. The number of benzene rings is 1. The lowest BCUT2D eigenvalue weighted by Gasteiger charge is -2.13. The molecule has 0 saturated heterocycles. The fourth-order valence-electron chi connectivity index (χ4n) is 1.97. The Morgan fingerprint density at radius 1 is 1.22 bits per heavy atom. The maximum Gasteiger partial charge on any atom is 0.197 e. The number of aromatic nitrogens is 2. The topological polar surface area (TPSA) is 37.9 Å². The first kappa shape index (κ1) is 12.8. The second-order valence-corrected chi connectivity index (χ2v) is 4.73. The van der Waals surface area contributed by atoms with Crippen molar-refractivity contribution < 1.29 is 4.74 Å². The molecule has 0 amide bonds. The van der Waals surface area contributed by atoms with Crippen LogP contribution in [-0.2, 0) is 0 Å². The summed E-state index contributed by atoms with van der Waals surface area (Å²) in [6, 6.07) is 6.07. The van der Waals surface area contributed by atoms with Crippen molar-refractivity contribution in [2.45, 2.75) is 20.8 Å². The van der Waals surface area contributed by atoms with Crippen molar-refractivity contribution in [2.24, 2.45) is 0 Å². The number of hydrogen-bond donors (Lipinski definition) is 1. The van der Waals surface area contributed by atoms with Crippen molar-refractivity contribution in [1.82, 2.24) is 9.97 Å². The van der Waals surface area contributed by atoms with Gasteiger partial charge in [-0.1, -0.05) is 6.07 Å². The molecule has 1 N–H and O–H groups in total. The fourth-order valence-corrected chi connectivity index (χ4v) is 2.23. The molecule has 0 aliphatic carbocycles. The molecule has 0 aliphatic rings. The van der Waals surface area contributed by atoms with Gasteiger partial charge in [0.25, 0.3) is 0 Å². The smallest absolute Gasteiger partial charge is 0.197 e. The van der Waals surface area contributed by atoms with Gasteiger partial charge in [0.15, 0.2) is 4.77 Å². The minimum Gasteiger partial charge on any atom is -0.496 e. The molecule has 2 aromatic rings. The molecule has 0 spiro atoms. The molecule has 0 unspecified atom stereocenters. The number of methoxy groups -OCH3 is 1. The van der Waals surface area contributed by atoms with E-state index in [-0.39, 0.29) is 0 Å². The van der Waals surface area contributed by atoms with E-state index in [1.807, 2.05) is 26.0 Å². The molecular weight excluding hydrogens is 244 g/mol. The van der Waals surface area contributed by atoms with Gasteiger partial charge >= 0.3 is 0 Å². The number of hydrogen-bond acceptors (Lipinski definition) is 3. The van der Waals surface area contributed by atoms with Gasteiger partial charge < -0.3 is 9.72 Å². The summed E-state index contributed by atoms with van der Waals surface area (Å²) in [6.07, 6.45) is 0. The number of nitrogens with zero attached hydrogens (tertiary/aromatic N) is 1. The second-order valence-electron chi connectivity index (χ2n) is 4.34. The van der Waals surface area contributed by atoms with Gasteiger partial charge in [-0.2, -0.15) is 0 Å². The van der Waals surface area contributed by atoms with Gasteiger partial charge in [-0.25, -0.2) is 4.98 Å². The summed E-state index contributed by atoms with van der Waals surface area (Å²) in [6.45, 7) is 6.08. The molecule has 94 valence electrons. The first-order chi connectivity index (χ1) is 8.52. The van der Waals surface area contributed by atoms with Crippen LogP contribution in [0.1, 0.15) is 16.8 Å². The number of aromatic amines is 1. The maximum absolute atomic E-state index is 5.51. The molecule has 1 aromatic carbocycles. The summed E-state index contributed by atoms with van der Waals surface area (Å²) < 4.78 is 6.00. The van der Waals surface area contributed by atoms with E-state index in [9.17, 15) is 0 Å². The fraction of sp³-hybridized carbons (Fsp3) is 0.286. The maximum atomic E-state index is 5.51. The predicted octanol–water partition coefficient (Wildman–Crippen LogP) is 3.74. The van der Waals surface area contributed by atoms with E-state index in [2.05, 4.69) is 23.0 Å². The molecule has 0 bridgehead atoms. The monoisotopic (exact) mass is 260 g/mol. The van der Waals surface area contributed by atoms with Gasteiger partial charge in [-0.15, -0.1) is 0 Å². The Bertz CT molecular complexity index is 647. The van der Waals surface area contributed by atoms with Crippen LogP contribution >= 0.6 is 12.2 Å². The van der Waals surface area contributed by atoms with E-state index in [0.717, 1.165) is 28.3 Å². The van der Waals surface area contributed by atoms with E-state index in [1.54, 1.807) is 7.11 Å². The van der Waals surface area contributed by atoms with Crippen LogP contribution in [0.5, 0.6) is 5.75 Å². The second kappa shape index (κ2) is 4.90. The average Bonchev–Trinajstić information content (AvgIpc) is 2.31. The van der Waals surface area contributed by atoms with Crippen LogP contribution in [0.2, 0.25) is 0 Å². The first-order valence-electron chi connectivity index (χ1n) is 5.75. The number of H-pyrrole nitrogens is 1. The first-order valence-corrected chi connectivity index (χ1v) is 6.16. The van der Waals surface area contributed by atoms with Gasteiger partial charge in [0.2, 0.25) is 0 Å². The zero-order valence-electron chi connectivity index (χ0n) is 11.0. The summed E-state index contributed by atoms with van der Waals surface area (Å²) in [7, 11) is 1.68. The molecule has 0 saturated carbocycles. The van der Waals surface area contributed by atoms with Gasteiger partial charge in [-0.05, 0) is 56.2 Å². The third-order valence-electron chi connectivity index (χ3n) is 3.04. The number of rotatable bonds is 2. The number of ether oxygens (including phenoxy) is 1. The van der Waals surface area contributed by atoms with Crippen molar-refractivity contribution in [3.05, 3.63) is 39.8 Å². The Labute approximate surface area is 112 Å². The predicted molar refractivity (Wildman–Crippen MR) is 75.6 cm³/mol. The van der Waals surface area contributed by atoms with E-state index >= 15 is 0 Å². The average molecular weight is 260 g/mol. The van der Waals surface area contributed by atoms with E-state index < -0.39 is 0 Å². The lowest BCUT2D eigenvalue weighted by Crippen LogP contribution is -1.97. The third-order valence-corrected chi connectivity index (χ3v) is 3.23. The molecule has 0 radical (unpaired) electrons. The normalized spacial score (nSPS) is 10.4. The molecule has 0 fully saturated rings. The Morgan fingerprint density at radius 3 is 2.56 bits per heavy atom. The highest BCUT2D eigenvalue weighted by molar-refractivity contribution is 7.71. The van der Waals surface area contributed by atoms with Crippen molar-refractivity contribution in [1.29, 1.82) is 0 Å². The molecule has 3 nitrogen and oxygen atoms in total. The minimum atomic E-state index is 0.491. The molecule has 18 heavy (non-hydrogen) atoms. The molecule has 2 rings (SSSR count). The van der Waals surface area contributed by atoms with Gasteiger partial charge in [0.1, 0.15) is 5.75 Å². The molecule has 1 aromatic heterocycles. The van der Waals surface area contributed by atoms with Crippen molar-refractivity contribution in [3.63, 3.8) is 0 Å². The number of aryl methyl sites for hydroxylation is 2. The lowest BCUT2D eigenvalue weighted by molar-refractivity contribution is 0.413. The summed E-state index contributed by atoms with van der Waals surface area (Å²) in [4.78, 5) is 7.37. The molecular formula is C14H16N2OS. The van der Waals surface area contributed by atoms with Crippen LogP contribution in [-0.4, -0.2) is 17.1 Å². The van der Waals surface area contributed by atoms with Gasteiger partial charge in [-0.3, -0.25) is 0 Å². The summed E-state index contributed by atoms with van der Waals surface area (Å²) in [5.41, 5.74) is 5.15. The highest BCUT2D eigenvalue weighted by atomic mass is 32.1. The van der Waals surface area contributed by atoms with E-state index in [0.29, 0.717) is 4.77 Å². The Balaban J connectivity index is 2.71. The van der Waals surface area contributed by atoms with Gasteiger partial charge in [0, 0.05) is 11.3 Å². The van der Waals surface area contributed by atoms with Crippen LogP contribution in [0.25, 0.3) is 11.3 Å². The zero-order valence-corrected chi connectivity index (χ0v) is 11.8. The molecule has 1 heterocycles. The lowest BCUT2D eigenvalue weighted by atomic mass is 10.0. The Hall–Kier alpha value is -1.68. The minimum absolute atomic E-state index is 0.491. The highest BCUT2D eigenvalue weighted by Crippen LogP contribution is 2.33. The van der Waals surface area contributed by atoms with Gasteiger partial charge in [0.05, 0.1) is 12.8 Å². The standard InChI is InChI=1S/C14H16N2OS/c1-8-5-6-11(13(17-4)10(8)3)12-7-9(2)15-14(18)16-12/h5-7H,1-4H3,(H,15,16,18). The summed E-state index contributed by atoms with van der Waals surface area (Å²) >= 11 is 5.12. The van der Waals surface area contributed by atoms with Crippen molar-refractivity contribution in [2.75, 3.05) is 7.11 Å². The SMILES string of the molecule is COc1c(-c2cc(C)[nH]c(=S)n2)ccc(C)c1C. The van der Waals surface area contributed by atoms with Crippen molar-refractivity contribution in [3.8, 4) is 17.0 Å². The quantitative estimate of drug-likeness (QED) is 0.836.